The molecule has 0 aliphatic carbocycles. The standard InChI is InChI=1S/C12H17NO3S/c1-4-9-7(2)5-10(17-9)12(16)13-8(3)6-11(14)15/h5,8H,4,6H2,1-3H3,(H,13,16)(H,14,15). The third-order valence-electron chi connectivity index (χ3n) is 2.42. The van der Waals surface area contributed by atoms with Gasteiger partial charge in [0.05, 0.1) is 11.3 Å². The summed E-state index contributed by atoms with van der Waals surface area (Å²) in [6.45, 7) is 5.72. The molecule has 0 spiro atoms. The molecule has 1 amide bonds. The second kappa shape index (κ2) is 5.82. The van der Waals surface area contributed by atoms with E-state index in [-0.39, 0.29) is 18.4 Å². The van der Waals surface area contributed by atoms with Crippen LogP contribution < -0.4 is 5.32 Å². The molecule has 5 heteroatoms. The van der Waals surface area contributed by atoms with Gasteiger partial charge in [-0.2, -0.15) is 0 Å². The lowest BCUT2D eigenvalue weighted by molar-refractivity contribution is -0.137. The first-order valence-corrected chi connectivity index (χ1v) is 6.37. The Kier molecular flexibility index (Phi) is 4.69. The predicted molar refractivity (Wildman–Crippen MR) is 67.6 cm³/mol. The highest BCUT2D eigenvalue weighted by Crippen LogP contribution is 2.22. The van der Waals surface area contributed by atoms with Crippen molar-refractivity contribution in [2.24, 2.45) is 0 Å². The largest absolute Gasteiger partial charge is 0.481 e. The van der Waals surface area contributed by atoms with Crippen LogP contribution in [0.1, 0.15) is 40.4 Å². The number of hydrogen-bond acceptors (Lipinski definition) is 3. The highest BCUT2D eigenvalue weighted by Gasteiger charge is 2.15. The average Bonchev–Trinajstić information content (AvgIpc) is 2.58. The number of amides is 1. The van der Waals surface area contributed by atoms with E-state index in [4.69, 9.17) is 5.11 Å². The van der Waals surface area contributed by atoms with Crippen LogP contribution in [0.2, 0.25) is 0 Å². The number of hydrogen-bond donors (Lipinski definition) is 2. The van der Waals surface area contributed by atoms with Gasteiger partial charge >= 0.3 is 5.97 Å². The monoisotopic (exact) mass is 255 g/mol. The van der Waals surface area contributed by atoms with E-state index >= 15 is 0 Å². The van der Waals surface area contributed by atoms with E-state index in [0.717, 1.165) is 12.0 Å². The molecule has 2 N–H and O–H groups in total. The molecule has 0 fully saturated rings. The van der Waals surface area contributed by atoms with Crippen molar-refractivity contribution in [2.45, 2.75) is 39.7 Å². The molecule has 0 bridgehead atoms. The zero-order valence-corrected chi connectivity index (χ0v) is 11.1. The molecule has 1 aromatic heterocycles. The lowest BCUT2D eigenvalue weighted by Crippen LogP contribution is -2.33. The minimum absolute atomic E-state index is 0.0588. The van der Waals surface area contributed by atoms with Crippen molar-refractivity contribution in [1.82, 2.24) is 5.32 Å². The zero-order chi connectivity index (χ0) is 13.0. The zero-order valence-electron chi connectivity index (χ0n) is 10.2. The highest BCUT2D eigenvalue weighted by molar-refractivity contribution is 7.14. The summed E-state index contributed by atoms with van der Waals surface area (Å²) in [5.74, 6) is -1.10. The molecule has 1 atom stereocenters. The van der Waals surface area contributed by atoms with Gasteiger partial charge < -0.3 is 10.4 Å². The van der Waals surface area contributed by atoms with Crippen molar-refractivity contribution in [2.75, 3.05) is 0 Å². The van der Waals surface area contributed by atoms with Crippen molar-refractivity contribution in [3.05, 3.63) is 21.4 Å². The van der Waals surface area contributed by atoms with E-state index in [1.165, 1.54) is 16.2 Å². The van der Waals surface area contributed by atoms with E-state index in [9.17, 15) is 9.59 Å². The second-order valence-electron chi connectivity index (χ2n) is 4.04. The van der Waals surface area contributed by atoms with Gasteiger partial charge in [-0.3, -0.25) is 9.59 Å². The number of nitrogens with one attached hydrogen (secondary N) is 1. The van der Waals surface area contributed by atoms with Crippen LogP contribution >= 0.6 is 11.3 Å². The maximum absolute atomic E-state index is 11.8. The van der Waals surface area contributed by atoms with Gasteiger partial charge in [0.25, 0.3) is 5.91 Å². The molecule has 94 valence electrons. The molecule has 0 aromatic carbocycles. The Morgan fingerprint density at radius 2 is 2.18 bits per heavy atom. The molecule has 1 aromatic rings. The maximum atomic E-state index is 11.8. The summed E-state index contributed by atoms with van der Waals surface area (Å²) < 4.78 is 0. The topological polar surface area (TPSA) is 66.4 Å². The van der Waals surface area contributed by atoms with E-state index in [0.29, 0.717) is 4.88 Å². The summed E-state index contributed by atoms with van der Waals surface area (Å²) in [4.78, 5) is 24.2. The minimum atomic E-state index is -0.908. The summed E-state index contributed by atoms with van der Waals surface area (Å²) >= 11 is 1.47. The first kappa shape index (κ1) is 13.7. The molecule has 1 heterocycles. The van der Waals surface area contributed by atoms with Gasteiger partial charge in [-0.1, -0.05) is 6.92 Å². The molecule has 1 unspecified atom stereocenters. The fraction of sp³-hybridized carbons (Fsp3) is 0.500. The van der Waals surface area contributed by atoms with Crippen molar-refractivity contribution < 1.29 is 14.7 Å². The number of rotatable bonds is 5. The summed E-state index contributed by atoms with van der Waals surface area (Å²) in [7, 11) is 0. The third-order valence-corrected chi connectivity index (χ3v) is 3.80. The lowest BCUT2D eigenvalue weighted by atomic mass is 10.2. The van der Waals surface area contributed by atoms with E-state index in [2.05, 4.69) is 5.32 Å². The van der Waals surface area contributed by atoms with Crippen LogP contribution in [0.15, 0.2) is 6.07 Å². The highest BCUT2D eigenvalue weighted by atomic mass is 32.1. The molecule has 1 rings (SSSR count). The Morgan fingerprint density at radius 3 is 2.65 bits per heavy atom. The molecule has 0 aliphatic heterocycles. The van der Waals surface area contributed by atoms with Crippen molar-refractivity contribution in [1.29, 1.82) is 0 Å². The van der Waals surface area contributed by atoms with E-state index in [1.807, 2.05) is 19.9 Å². The summed E-state index contributed by atoms with van der Waals surface area (Å²) in [6, 6.07) is 1.50. The second-order valence-corrected chi connectivity index (χ2v) is 5.18. The Labute approximate surface area is 105 Å². The Morgan fingerprint density at radius 1 is 1.53 bits per heavy atom. The van der Waals surface area contributed by atoms with Gasteiger partial charge in [-0.15, -0.1) is 11.3 Å². The first-order chi connectivity index (χ1) is 7.93. The van der Waals surface area contributed by atoms with Crippen molar-refractivity contribution in [3.8, 4) is 0 Å². The van der Waals surface area contributed by atoms with Crippen LogP contribution in [-0.2, 0) is 11.2 Å². The third kappa shape index (κ3) is 3.85. The number of carboxylic acid groups (broad SMARTS) is 1. The number of aryl methyl sites for hydroxylation is 2. The van der Waals surface area contributed by atoms with Gasteiger partial charge in [0.2, 0.25) is 0 Å². The summed E-state index contributed by atoms with van der Waals surface area (Å²) in [5.41, 5.74) is 1.12. The van der Waals surface area contributed by atoms with Gasteiger partial charge in [-0.05, 0) is 31.9 Å². The molecular weight excluding hydrogens is 238 g/mol. The van der Waals surface area contributed by atoms with Crippen LogP contribution in [0, 0.1) is 6.92 Å². The molecule has 0 saturated heterocycles. The van der Waals surface area contributed by atoms with Gasteiger partial charge in [-0.25, -0.2) is 0 Å². The Hall–Kier alpha value is -1.36. The van der Waals surface area contributed by atoms with E-state index in [1.54, 1.807) is 6.92 Å². The normalized spacial score (nSPS) is 12.2. The first-order valence-electron chi connectivity index (χ1n) is 5.56. The smallest absolute Gasteiger partial charge is 0.305 e. The molecule has 0 saturated carbocycles. The predicted octanol–water partition coefficient (Wildman–Crippen LogP) is 2.21. The van der Waals surface area contributed by atoms with Crippen LogP contribution in [-0.4, -0.2) is 23.0 Å². The van der Waals surface area contributed by atoms with Gasteiger partial charge in [0, 0.05) is 10.9 Å². The van der Waals surface area contributed by atoms with Gasteiger partial charge in [0.1, 0.15) is 0 Å². The number of thiophene rings is 1. The number of carboxylic acids is 1. The van der Waals surface area contributed by atoms with E-state index < -0.39 is 5.97 Å². The minimum Gasteiger partial charge on any atom is -0.481 e. The van der Waals surface area contributed by atoms with Crippen LogP contribution in [0.4, 0.5) is 0 Å². The molecule has 0 aliphatic rings. The number of carbonyl (C=O) groups excluding carboxylic acids is 1. The summed E-state index contributed by atoms with van der Waals surface area (Å²) in [6.07, 6.45) is 0.852. The lowest BCUT2D eigenvalue weighted by Gasteiger charge is -2.09. The quantitative estimate of drug-likeness (QED) is 0.847. The van der Waals surface area contributed by atoms with Crippen LogP contribution in [0.3, 0.4) is 0 Å². The fourth-order valence-corrected chi connectivity index (χ4v) is 2.61. The molecule has 4 nitrogen and oxygen atoms in total. The Bertz CT molecular complexity index is 425. The molecule has 17 heavy (non-hydrogen) atoms. The van der Waals surface area contributed by atoms with Crippen molar-refractivity contribution >= 4 is 23.2 Å². The molecule has 0 radical (unpaired) electrons. The van der Waals surface area contributed by atoms with Crippen LogP contribution in [0.25, 0.3) is 0 Å². The SMILES string of the molecule is CCc1sc(C(=O)NC(C)CC(=O)O)cc1C. The summed E-state index contributed by atoms with van der Waals surface area (Å²) in [5, 5.41) is 11.3. The maximum Gasteiger partial charge on any atom is 0.305 e. The number of carbonyl (C=O) groups is 2. The molecular formula is C12H17NO3S. The fourth-order valence-electron chi connectivity index (χ4n) is 1.59. The van der Waals surface area contributed by atoms with Crippen molar-refractivity contribution in [3.63, 3.8) is 0 Å². The Balaban J connectivity index is 2.66. The van der Waals surface area contributed by atoms with Crippen LogP contribution in [0.5, 0.6) is 0 Å². The number of aliphatic carboxylic acids is 1. The van der Waals surface area contributed by atoms with Gasteiger partial charge in [0.15, 0.2) is 0 Å². The average molecular weight is 255 g/mol.